The molecule has 15 heavy (non-hydrogen) atoms. The van der Waals surface area contributed by atoms with Crippen molar-refractivity contribution in [2.75, 3.05) is 0 Å². The summed E-state index contributed by atoms with van der Waals surface area (Å²) < 4.78 is 4.99. The molecule has 0 radical (unpaired) electrons. The Balaban J connectivity index is 1.86. The maximum absolute atomic E-state index is 4.99. The number of aromatic nitrogens is 1. The van der Waals surface area contributed by atoms with Crippen molar-refractivity contribution in [1.82, 2.24) is 10.3 Å². The molecular weight excluding hydrogens is 188 g/mol. The normalized spacial score (nSPS) is 10.5. The number of nitrogens with one attached hydrogen (secondary N) is 1. The van der Waals surface area contributed by atoms with Crippen LogP contribution in [-0.2, 0) is 13.1 Å². The molecular formula is C12H14N2O. The maximum atomic E-state index is 4.99. The second-order valence-corrected chi connectivity index (χ2v) is 3.48. The Morgan fingerprint density at radius 3 is 3.00 bits per heavy atom. The molecule has 0 atom stereocenters. The third-order valence-electron chi connectivity index (χ3n) is 2.34. The van der Waals surface area contributed by atoms with Crippen LogP contribution in [0.25, 0.3) is 0 Å². The lowest BCUT2D eigenvalue weighted by atomic mass is 10.2. The van der Waals surface area contributed by atoms with Gasteiger partial charge in [-0.05, 0) is 24.6 Å². The van der Waals surface area contributed by atoms with Gasteiger partial charge < -0.3 is 9.73 Å². The van der Waals surface area contributed by atoms with Gasteiger partial charge in [0.25, 0.3) is 0 Å². The van der Waals surface area contributed by atoms with Gasteiger partial charge in [0.15, 0.2) is 0 Å². The molecule has 0 saturated heterocycles. The highest BCUT2D eigenvalue weighted by Crippen LogP contribution is 2.04. The van der Waals surface area contributed by atoms with E-state index in [1.807, 2.05) is 25.3 Å². The molecule has 1 N–H and O–H groups in total. The third kappa shape index (κ3) is 2.67. The Bertz CT molecular complexity index is 409. The van der Waals surface area contributed by atoms with Crippen molar-refractivity contribution in [2.24, 2.45) is 0 Å². The quantitative estimate of drug-likeness (QED) is 0.826. The van der Waals surface area contributed by atoms with Crippen molar-refractivity contribution < 1.29 is 4.42 Å². The van der Waals surface area contributed by atoms with E-state index in [4.69, 9.17) is 4.42 Å². The molecule has 0 spiro atoms. The number of furan rings is 1. The first-order chi connectivity index (χ1) is 7.36. The van der Waals surface area contributed by atoms with Gasteiger partial charge in [-0.1, -0.05) is 6.07 Å². The summed E-state index contributed by atoms with van der Waals surface area (Å²) in [7, 11) is 0. The second kappa shape index (κ2) is 4.75. The van der Waals surface area contributed by atoms with E-state index in [1.165, 1.54) is 5.56 Å². The van der Waals surface area contributed by atoms with Crippen LogP contribution in [0.5, 0.6) is 0 Å². The van der Waals surface area contributed by atoms with E-state index in [1.54, 1.807) is 12.5 Å². The topological polar surface area (TPSA) is 38.1 Å². The molecule has 2 aromatic rings. The van der Waals surface area contributed by atoms with Crippen LogP contribution in [0.2, 0.25) is 0 Å². The molecule has 0 amide bonds. The van der Waals surface area contributed by atoms with Crippen LogP contribution in [0.15, 0.2) is 41.3 Å². The molecule has 0 aromatic carbocycles. The smallest absolute Gasteiger partial charge is 0.0947 e. The van der Waals surface area contributed by atoms with Crippen LogP contribution in [0.4, 0.5) is 0 Å². The monoisotopic (exact) mass is 202 g/mol. The zero-order chi connectivity index (χ0) is 10.5. The number of hydrogen-bond donors (Lipinski definition) is 1. The molecule has 0 unspecified atom stereocenters. The number of rotatable bonds is 4. The minimum Gasteiger partial charge on any atom is -0.472 e. The summed E-state index contributed by atoms with van der Waals surface area (Å²) in [6.45, 7) is 3.69. The highest BCUT2D eigenvalue weighted by molar-refractivity contribution is 5.18. The van der Waals surface area contributed by atoms with Gasteiger partial charge in [0.2, 0.25) is 0 Å². The van der Waals surface area contributed by atoms with Gasteiger partial charge >= 0.3 is 0 Å². The van der Waals surface area contributed by atoms with Crippen molar-refractivity contribution in [3.05, 3.63) is 53.7 Å². The fraction of sp³-hybridized carbons (Fsp3) is 0.250. The Morgan fingerprint density at radius 1 is 1.33 bits per heavy atom. The Hall–Kier alpha value is -1.61. The Labute approximate surface area is 89.1 Å². The summed E-state index contributed by atoms with van der Waals surface area (Å²) in [5, 5.41) is 3.34. The lowest BCUT2D eigenvalue weighted by Gasteiger charge is -2.05. The number of pyridine rings is 1. The highest BCUT2D eigenvalue weighted by atomic mass is 16.3. The first kappa shape index (κ1) is 9.93. The standard InChI is InChI=1S/C12H14N2O/c1-10-12(3-2-5-14-10)8-13-7-11-4-6-15-9-11/h2-6,9,13H,7-8H2,1H3. The summed E-state index contributed by atoms with van der Waals surface area (Å²) in [6.07, 6.45) is 5.25. The molecule has 0 saturated carbocycles. The van der Waals surface area contributed by atoms with Crippen molar-refractivity contribution in [3.63, 3.8) is 0 Å². The first-order valence-corrected chi connectivity index (χ1v) is 4.98. The van der Waals surface area contributed by atoms with Gasteiger partial charge in [0.05, 0.1) is 12.5 Å². The van der Waals surface area contributed by atoms with Crippen LogP contribution < -0.4 is 5.32 Å². The van der Waals surface area contributed by atoms with E-state index in [0.29, 0.717) is 0 Å². The Kier molecular flexibility index (Phi) is 3.15. The second-order valence-electron chi connectivity index (χ2n) is 3.48. The Morgan fingerprint density at radius 2 is 2.27 bits per heavy atom. The zero-order valence-corrected chi connectivity index (χ0v) is 8.73. The van der Waals surface area contributed by atoms with Gasteiger partial charge in [0.1, 0.15) is 0 Å². The maximum Gasteiger partial charge on any atom is 0.0947 e. The molecule has 0 fully saturated rings. The molecule has 78 valence electrons. The minimum absolute atomic E-state index is 0.824. The number of nitrogens with zero attached hydrogens (tertiary/aromatic N) is 1. The number of hydrogen-bond acceptors (Lipinski definition) is 3. The molecule has 2 heterocycles. The highest BCUT2D eigenvalue weighted by Gasteiger charge is 1.98. The molecule has 0 aliphatic carbocycles. The summed E-state index contributed by atoms with van der Waals surface area (Å²) in [5.41, 5.74) is 3.48. The van der Waals surface area contributed by atoms with Crippen LogP contribution in [0.3, 0.4) is 0 Å². The predicted molar refractivity (Wildman–Crippen MR) is 58.2 cm³/mol. The van der Waals surface area contributed by atoms with Gasteiger partial charge in [-0.25, -0.2) is 0 Å². The predicted octanol–water partition coefficient (Wildman–Crippen LogP) is 2.27. The van der Waals surface area contributed by atoms with Gasteiger partial charge in [-0.15, -0.1) is 0 Å². The first-order valence-electron chi connectivity index (χ1n) is 4.98. The molecule has 0 aliphatic rings. The van der Waals surface area contributed by atoms with Crippen molar-refractivity contribution in [1.29, 1.82) is 0 Å². The van der Waals surface area contributed by atoms with E-state index in [2.05, 4.69) is 16.4 Å². The SMILES string of the molecule is Cc1ncccc1CNCc1ccoc1. The summed E-state index contributed by atoms with van der Waals surface area (Å²) in [5.74, 6) is 0. The van der Waals surface area contributed by atoms with Crippen LogP contribution in [0.1, 0.15) is 16.8 Å². The van der Waals surface area contributed by atoms with E-state index in [9.17, 15) is 0 Å². The van der Waals surface area contributed by atoms with E-state index in [-0.39, 0.29) is 0 Å². The third-order valence-corrected chi connectivity index (χ3v) is 2.34. The average molecular weight is 202 g/mol. The number of aryl methyl sites for hydroxylation is 1. The summed E-state index contributed by atoms with van der Waals surface area (Å²) in [4.78, 5) is 4.24. The summed E-state index contributed by atoms with van der Waals surface area (Å²) >= 11 is 0. The zero-order valence-electron chi connectivity index (χ0n) is 8.73. The molecule has 2 aromatic heterocycles. The van der Waals surface area contributed by atoms with Crippen molar-refractivity contribution in [2.45, 2.75) is 20.0 Å². The molecule has 0 bridgehead atoms. The van der Waals surface area contributed by atoms with Crippen LogP contribution in [0, 0.1) is 6.92 Å². The lowest BCUT2D eigenvalue weighted by molar-refractivity contribution is 0.560. The van der Waals surface area contributed by atoms with Gasteiger partial charge in [-0.2, -0.15) is 0 Å². The molecule has 2 rings (SSSR count). The van der Waals surface area contributed by atoms with E-state index in [0.717, 1.165) is 24.3 Å². The van der Waals surface area contributed by atoms with E-state index < -0.39 is 0 Å². The van der Waals surface area contributed by atoms with Crippen molar-refractivity contribution >= 4 is 0 Å². The molecule has 0 aliphatic heterocycles. The molecule has 3 heteroatoms. The average Bonchev–Trinajstić information content (AvgIpc) is 2.74. The lowest BCUT2D eigenvalue weighted by Crippen LogP contribution is -2.13. The fourth-order valence-corrected chi connectivity index (χ4v) is 1.44. The summed E-state index contributed by atoms with van der Waals surface area (Å²) in [6, 6.07) is 6.01. The van der Waals surface area contributed by atoms with Crippen LogP contribution >= 0.6 is 0 Å². The van der Waals surface area contributed by atoms with Crippen molar-refractivity contribution in [3.8, 4) is 0 Å². The molecule has 3 nitrogen and oxygen atoms in total. The fourth-order valence-electron chi connectivity index (χ4n) is 1.44. The minimum atomic E-state index is 0.824. The van der Waals surface area contributed by atoms with Gasteiger partial charge in [0, 0.05) is 30.5 Å². The van der Waals surface area contributed by atoms with E-state index >= 15 is 0 Å². The largest absolute Gasteiger partial charge is 0.472 e. The van der Waals surface area contributed by atoms with Crippen LogP contribution in [-0.4, -0.2) is 4.98 Å². The van der Waals surface area contributed by atoms with Gasteiger partial charge in [-0.3, -0.25) is 4.98 Å².